The van der Waals surface area contributed by atoms with Gasteiger partial charge < -0.3 is 10.2 Å². The molecule has 14 heteroatoms. The van der Waals surface area contributed by atoms with Crippen molar-refractivity contribution in [3.63, 3.8) is 0 Å². The summed E-state index contributed by atoms with van der Waals surface area (Å²) >= 11 is 17.8. The Labute approximate surface area is 240 Å². The van der Waals surface area contributed by atoms with Crippen LogP contribution in [-0.2, 0) is 32.3 Å². The fourth-order valence-electron chi connectivity index (χ4n) is 4.31. The lowest BCUT2D eigenvalue weighted by Crippen LogP contribution is -2.52. The smallest absolute Gasteiger partial charge is 0.352 e. The maximum Gasteiger partial charge on any atom is 0.417 e. The molecule has 7 nitrogen and oxygen atoms in total. The van der Waals surface area contributed by atoms with E-state index >= 15 is 0 Å². The molecule has 3 rings (SSSR count). The average Bonchev–Trinajstić information content (AvgIpc) is 3.34. The first-order valence-electron chi connectivity index (χ1n) is 12.0. The monoisotopic (exact) mass is 627 g/mol. The standard InChI is InChI=1S/C25H27Cl3F3N3O4S/c1-15(24(36)32-17-5-3-4-6-17)33(13-16-7-9-21(27)22(28)11-16)23(35)14-34(39(2,37)38)18-8-10-20(26)19(12-18)25(29,30)31/h7-12,15,17H,3-6,13-14H2,1-2H3,(H,32,36). The van der Waals surface area contributed by atoms with Gasteiger partial charge in [-0.05, 0) is 55.7 Å². The summed E-state index contributed by atoms with van der Waals surface area (Å²) in [6.07, 6.45) is -0.543. The van der Waals surface area contributed by atoms with E-state index in [1.165, 1.54) is 19.1 Å². The molecule has 1 unspecified atom stereocenters. The first-order valence-corrected chi connectivity index (χ1v) is 14.9. The Morgan fingerprint density at radius 3 is 2.21 bits per heavy atom. The van der Waals surface area contributed by atoms with Gasteiger partial charge >= 0.3 is 6.18 Å². The van der Waals surface area contributed by atoms with Gasteiger partial charge in [0.05, 0.1) is 32.6 Å². The van der Waals surface area contributed by atoms with Gasteiger partial charge in [0.25, 0.3) is 0 Å². The Morgan fingerprint density at radius 1 is 1.03 bits per heavy atom. The number of sulfonamides is 1. The molecule has 2 aromatic carbocycles. The zero-order valence-electron chi connectivity index (χ0n) is 21.1. The van der Waals surface area contributed by atoms with E-state index < -0.39 is 56.9 Å². The van der Waals surface area contributed by atoms with E-state index in [2.05, 4.69) is 5.32 Å². The van der Waals surface area contributed by atoms with Gasteiger partial charge in [-0.1, -0.05) is 53.7 Å². The largest absolute Gasteiger partial charge is 0.417 e. The molecule has 1 saturated carbocycles. The fourth-order valence-corrected chi connectivity index (χ4v) is 5.70. The molecular weight excluding hydrogens is 602 g/mol. The number of halogens is 6. The molecule has 0 bridgehead atoms. The second-order valence-electron chi connectivity index (χ2n) is 9.37. The van der Waals surface area contributed by atoms with Crippen LogP contribution in [0.25, 0.3) is 0 Å². The van der Waals surface area contributed by atoms with Crippen LogP contribution in [0.5, 0.6) is 0 Å². The topological polar surface area (TPSA) is 86.8 Å². The van der Waals surface area contributed by atoms with Crippen molar-refractivity contribution in [3.8, 4) is 0 Å². The number of nitrogens with one attached hydrogen (secondary N) is 1. The van der Waals surface area contributed by atoms with Crippen molar-refractivity contribution in [1.29, 1.82) is 0 Å². The van der Waals surface area contributed by atoms with E-state index in [9.17, 15) is 31.2 Å². The van der Waals surface area contributed by atoms with Gasteiger partial charge in [0.1, 0.15) is 12.6 Å². The number of benzene rings is 2. The molecule has 0 aromatic heterocycles. The first kappa shape index (κ1) is 31.3. The fraction of sp³-hybridized carbons (Fsp3) is 0.440. The van der Waals surface area contributed by atoms with Crippen LogP contribution in [0, 0.1) is 0 Å². The van der Waals surface area contributed by atoms with Crippen molar-refractivity contribution in [3.05, 3.63) is 62.6 Å². The van der Waals surface area contributed by atoms with E-state index in [0.29, 0.717) is 15.9 Å². The molecule has 2 aromatic rings. The lowest BCUT2D eigenvalue weighted by Gasteiger charge is -2.32. The van der Waals surface area contributed by atoms with E-state index in [1.54, 1.807) is 6.07 Å². The van der Waals surface area contributed by atoms with Crippen LogP contribution in [0.4, 0.5) is 18.9 Å². The minimum Gasteiger partial charge on any atom is -0.352 e. The number of anilines is 1. The van der Waals surface area contributed by atoms with Crippen LogP contribution in [0.1, 0.15) is 43.7 Å². The SMILES string of the molecule is CC(C(=O)NC1CCCC1)N(Cc1ccc(Cl)c(Cl)c1)C(=O)CN(c1ccc(Cl)c(C(F)(F)F)c1)S(C)(=O)=O. The summed E-state index contributed by atoms with van der Waals surface area (Å²) in [7, 11) is -4.24. The first-order chi connectivity index (χ1) is 18.1. The molecule has 1 atom stereocenters. The molecular formula is C25H27Cl3F3N3O4S. The summed E-state index contributed by atoms with van der Waals surface area (Å²) in [5.74, 6) is -1.25. The van der Waals surface area contributed by atoms with E-state index in [-0.39, 0.29) is 22.6 Å². The van der Waals surface area contributed by atoms with Crippen molar-refractivity contribution in [2.75, 3.05) is 17.1 Å². The second kappa shape index (κ2) is 12.5. The van der Waals surface area contributed by atoms with Crippen LogP contribution in [0.2, 0.25) is 15.1 Å². The van der Waals surface area contributed by atoms with Gasteiger partial charge in [0.2, 0.25) is 21.8 Å². The minimum atomic E-state index is -4.85. The molecule has 2 amide bonds. The van der Waals surface area contributed by atoms with Crippen molar-refractivity contribution < 1.29 is 31.2 Å². The third-order valence-corrected chi connectivity index (χ3v) is 8.64. The number of carbonyl (C=O) groups excluding carboxylic acids is 2. The van der Waals surface area contributed by atoms with Crippen LogP contribution in [0.3, 0.4) is 0 Å². The van der Waals surface area contributed by atoms with Crippen LogP contribution < -0.4 is 9.62 Å². The normalized spacial score (nSPS) is 15.2. The van der Waals surface area contributed by atoms with Crippen LogP contribution in [-0.4, -0.2) is 50.0 Å². The molecule has 1 N–H and O–H groups in total. The molecule has 1 fully saturated rings. The maximum absolute atomic E-state index is 13.6. The number of hydrogen-bond donors (Lipinski definition) is 1. The number of alkyl halides is 3. The summed E-state index contributed by atoms with van der Waals surface area (Å²) in [6.45, 7) is 0.496. The highest BCUT2D eigenvalue weighted by Gasteiger charge is 2.36. The average molecular weight is 629 g/mol. The summed E-state index contributed by atoms with van der Waals surface area (Å²) in [5, 5.41) is 2.78. The van der Waals surface area contributed by atoms with Gasteiger partial charge in [-0.25, -0.2) is 8.42 Å². The summed E-state index contributed by atoms with van der Waals surface area (Å²) < 4.78 is 66.2. The van der Waals surface area contributed by atoms with Crippen molar-refractivity contribution >= 4 is 62.3 Å². The quantitative estimate of drug-likeness (QED) is 0.374. The summed E-state index contributed by atoms with van der Waals surface area (Å²) in [4.78, 5) is 27.8. The molecule has 1 aliphatic rings. The number of nitrogens with zero attached hydrogens (tertiary/aromatic N) is 2. The molecule has 0 spiro atoms. The Bertz CT molecular complexity index is 1340. The highest BCUT2D eigenvalue weighted by Crippen LogP contribution is 2.37. The number of hydrogen-bond acceptors (Lipinski definition) is 4. The molecule has 0 heterocycles. The van der Waals surface area contributed by atoms with Gasteiger partial charge in [-0.15, -0.1) is 0 Å². The minimum absolute atomic E-state index is 0.0377. The third kappa shape index (κ3) is 8.15. The highest BCUT2D eigenvalue weighted by atomic mass is 35.5. The van der Waals surface area contributed by atoms with Crippen LogP contribution >= 0.6 is 34.8 Å². The van der Waals surface area contributed by atoms with Crippen molar-refractivity contribution in [2.45, 2.75) is 57.4 Å². The number of rotatable bonds is 9. The number of amides is 2. The van der Waals surface area contributed by atoms with Crippen LogP contribution in [0.15, 0.2) is 36.4 Å². The highest BCUT2D eigenvalue weighted by molar-refractivity contribution is 7.92. The van der Waals surface area contributed by atoms with E-state index in [0.717, 1.165) is 49.0 Å². The number of carbonyl (C=O) groups is 2. The predicted molar refractivity (Wildman–Crippen MR) is 146 cm³/mol. The molecule has 214 valence electrons. The zero-order chi connectivity index (χ0) is 29.1. The van der Waals surface area contributed by atoms with E-state index in [1.807, 2.05) is 0 Å². The lowest BCUT2D eigenvalue weighted by molar-refractivity contribution is -0.139. The Hall–Kier alpha value is -2.21. The Kier molecular flexibility index (Phi) is 10.1. The van der Waals surface area contributed by atoms with E-state index in [4.69, 9.17) is 34.8 Å². The maximum atomic E-state index is 13.6. The second-order valence-corrected chi connectivity index (χ2v) is 12.5. The zero-order valence-corrected chi connectivity index (χ0v) is 24.1. The Balaban J connectivity index is 1.96. The molecule has 0 saturated heterocycles. The van der Waals surface area contributed by atoms with Gasteiger partial charge in [-0.3, -0.25) is 13.9 Å². The van der Waals surface area contributed by atoms with Crippen molar-refractivity contribution in [2.24, 2.45) is 0 Å². The molecule has 0 radical (unpaired) electrons. The van der Waals surface area contributed by atoms with Gasteiger partial charge in [0.15, 0.2) is 0 Å². The predicted octanol–water partition coefficient (Wildman–Crippen LogP) is 5.91. The lowest BCUT2D eigenvalue weighted by atomic mass is 10.1. The van der Waals surface area contributed by atoms with Gasteiger partial charge in [-0.2, -0.15) is 13.2 Å². The third-order valence-electron chi connectivity index (χ3n) is 6.43. The van der Waals surface area contributed by atoms with Crippen molar-refractivity contribution in [1.82, 2.24) is 10.2 Å². The van der Waals surface area contributed by atoms with Gasteiger partial charge in [0, 0.05) is 12.6 Å². The molecule has 39 heavy (non-hydrogen) atoms. The summed E-state index contributed by atoms with van der Waals surface area (Å²) in [6, 6.07) is 6.10. The molecule has 0 aliphatic heterocycles. The summed E-state index contributed by atoms with van der Waals surface area (Å²) in [5.41, 5.74) is -1.14. The molecule has 1 aliphatic carbocycles. The Morgan fingerprint density at radius 2 is 1.64 bits per heavy atom.